The smallest absolute Gasteiger partial charge is 0.261 e. The van der Waals surface area contributed by atoms with Crippen molar-refractivity contribution in [1.82, 2.24) is 0 Å². The standard InChI is InChI=1S/C21H22N2O3S/c1-16-3-5-17(6-4-16)15-22-18-7-9-19(10-8-18)23-27(24,25)21-13-11-20(26-2)12-14-21/h3-14,22-23H,15H2,1-2H3. The summed E-state index contributed by atoms with van der Waals surface area (Å²) < 4.78 is 32.5. The van der Waals surface area contributed by atoms with Gasteiger partial charge < -0.3 is 10.1 Å². The summed E-state index contributed by atoms with van der Waals surface area (Å²) >= 11 is 0. The molecule has 0 aliphatic rings. The van der Waals surface area contributed by atoms with Gasteiger partial charge in [0.2, 0.25) is 0 Å². The third-order valence-electron chi connectivity index (χ3n) is 4.12. The zero-order valence-electron chi connectivity index (χ0n) is 15.3. The second-order valence-electron chi connectivity index (χ2n) is 6.20. The van der Waals surface area contributed by atoms with Crippen molar-refractivity contribution >= 4 is 21.4 Å². The molecule has 0 aliphatic heterocycles. The van der Waals surface area contributed by atoms with Gasteiger partial charge in [0.15, 0.2) is 0 Å². The zero-order valence-corrected chi connectivity index (χ0v) is 16.1. The van der Waals surface area contributed by atoms with Gasteiger partial charge in [-0.15, -0.1) is 0 Å². The van der Waals surface area contributed by atoms with Crippen molar-refractivity contribution in [2.24, 2.45) is 0 Å². The number of anilines is 2. The Hall–Kier alpha value is -2.99. The Morgan fingerprint density at radius 1 is 0.815 bits per heavy atom. The van der Waals surface area contributed by atoms with Crippen LogP contribution in [0.3, 0.4) is 0 Å². The van der Waals surface area contributed by atoms with Gasteiger partial charge in [-0.05, 0) is 61.0 Å². The van der Waals surface area contributed by atoms with Gasteiger partial charge in [-0.25, -0.2) is 8.42 Å². The molecule has 0 unspecified atom stereocenters. The molecular formula is C21H22N2O3S. The van der Waals surface area contributed by atoms with Crippen molar-refractivity contribution in [2.75, 3.05) is 17.1 Å². The van der Waals surface area contributed by atoms with E-state index >= 15 is 0 Å². The monoisotopic (exact) mass is 382 g/mol. The average Bonchev–Trinajstić information content (AvgIpc) is 2.68. The lowest BCUT2D eigenvalue weighted by atomic mass is 10.1. The summed E-state index contributed by atoms with van der Waals surface area (Å²) in [6.07, 6.45) is 0. The molecule has 0 fully saturated rings. The molecule has 3 aromatic rings. The Labute approximate surface area is 160 Å². The average molecular weight is 382 g/mol. The molecular weight excluding hydrogens is 360 g/mol. The van der Waals surface area contributed by atoms with E-state index in [2.05, 4.69) is 41.2 Å². The van der Waals surface area contributed by atoms with Crippen LogP contribution in [0.2, 0.25) is 0 Å². The van der Waals surface area contributed by atoms with Crippen LogP contribution in [0.25, 0.3) is 0 Å². The molecule has 0 amide bonds. The summed E-state index contributed by atoms with van der Waals surface area (Å²) in [4.78, 5) is 0.185. The number of rotatable bonds is 7. The van der Waals surface area contributed by atoms with Crippen LogP contribution >= 0.6 is 0 Å². The van der Waals surface area contributed by atoms with Crippen LogP contribution in [0, 0.1) is 6.92 Å². The van der Waals surface area contributed by atoms with Gasteiger partial charge in [-0.1, -0.05) is 29.8 Å². The van der Waals surface area contributed by atoms with Crippen molar-refractivity contribution in [2.45, 2.75) is 18.4 Å². The van der Waals surface area contributed by atoms with Crippen LogP contribution in [0.1, 0.15) is 11.1 Å². The lowest BCUT2D eigenvalue weighted by molar-refractivity contribution is 0.414. The molecule has 3 aromatic carbocycles. The molecule has 0 bridgehead atoms. The highest BCUT2D eigenvalue weighted by Gasteiger charge is 2.14. The van der Waals surface area contributed by atoms with Gasteiger partial charge in [0.25, 0.3) is 10.0 Å². The van der Waals surface area contributed by atoms with Crippen LogP contribution in [0.15, 0.2) is 77.7 Å². The molecule has 6 heteroatoms. The molecule has 0 heterocycles. The maximum absolute atomic E-state index is 12.5. The molecule has 0 atom stereocenters. The first kappa shape index (κ1) is 18.8. The number of nitrogens with one attached hydrogen (secondary N) is 2. The lowest BCUT2D eigenvalue weighted by Crippen LogP contribution is -2.12. The third-order valence-corrected chi connectivity index (χ3v) is 5.52. The lowest BCUT2D eigenvalue weighted by Gasteiger charge is -2.11. The van der Waals surface area contributed by atoms with E-state index in [0.29, 0.717) is 18.0 Å². The van der Waals surface area contributed by atoms with Crippen LogP contribution in [-0.2, 0) is 16.6 Å². The number of hydrogen-bond acceptors (Lipinski definition) is 4. The van der Waals surface area contributed by atoms with E-state index in [0.717, 1.165) is 5.69 Å². The predicted octanol–water partition coefficient (Wildman–Crippen LogP) is 4.42. The number of sulfonamides is 1. The van der Waals surface area contributed by atoms with Crippen molar-refractivity contribution in [1.29, 1.82) is 0 Å². The molecule has 0 radical (unpaired) electrons. The Morgan fingerprint density at radius 3 is 2.00 bits per heavy atom. The highest BCUT2D eigenvalue weighted by atomic mass is 32.2. The number of aryl methyl sites for hydroxylation is 1. The maximum Gasteiger partial charge on any atom is 0.261 e. The third kappa shape index (κ3) is 5.01. The first-order chi connectivity index (χ1) is 13.0. The minimum Gasteiger partial charge on any atom is -0.497 e. The van der Waals surface area contributed by atoms with Gasteiger partial charge in [-0.3, -0.25) is 4.72 Å². The van der Waals surface area contributed by atoms with Crippen molar-refractivity contribution in [3.05, 3.63) is 83.9 Å². The quantitative estimate of drug-likeness (QED) is 0.635. The van der Waals surface area contributed by atoms with E-state index in [4.69, 9.17) is 4.74 Å². The molecule has 27 heavy (non-hydrogen) atoms. The second-order valence-corrected chi connectivity index (χ2v) is 7.88. The molecule has 0 saturated heterocycles. The Morgan fingerprint density at radius 2 is 1.41 bits per heavy atom. The Kier molecular flexibility index (Phi) is 5.66. The summed E-state index contributed by atoms with van der Waals surface area (Å²) in [6, 6.07) is 21.7. The first-order valence-corrected chi connectivity index (χ1v) is 10.0. The summed E-state index contributed by atoms with van der Waals surface area (Å²) in [5.74, 6) is 0.609. The molecule has 3 rings (SSSR count). The van der Waals surface area contributed by atoms with Gasteiger partial charge >= 0.3 is 0 Å². The number of ether oxygens (including phenoxy) is 1. The van der Waals surface area contributed by atoms with Gasteiger partial charge in [0, 0.05) is 17.9 Å². The van der Waals surface area contributed by atoms with E-state index < -0.39 is 10.0 Å². The van der Waals surface area contributed by atoms with Gasteiger partial charge in [0.05, 0.1) is 12.0 Å². The maximum atomic E-state index is 12.5. The highest BCUT2D eigenvalue weighted by Crippen LogP contribution is 2.20. The zero-order chi connectivity index (χ0) is 19.3. The fourth-order valence-corrected chi connectivity index (χ4v) is 3.59. The van der Waals surface area contributed by atoms with E-state index in [9.17, 15) is 8.42 Å². The predicted molar refractivity (Wildman–Crippen MR) is 109 cm³/mol. The minimum atomic E-state index is -3.64. The van der Waals surface area contributed by atoms with E-state index in [-0.39, 0.29) is 4.90 Å². The van der Waals surface area contributed by atoms with Crippen LogP contribution in [0.4, 0.5) is 11.4 Å². The molecule has 0 aliphatic carbocycles. The van der Waals surface area contributed by atoms with Crippen molar-refractivity contribution < 1.29 is 13.2 Å². The number of hydrogen-bond donors (Lipinski definition) is 2. The molecule has 140 valence electrons. The van der Waals surface area contributed by atoms with Crippen LogP contribution < -0.4 is 14.8 Å². The molecule has 0 aromatic heterocycles. The SMILES string of the molecule is COc1ccc(S(=O)(=O)Nc2ccc(NCc3ccc(C)cc3)cc2)cc1. The molecule has 5 nitrogen and oxygen atoms in total. The summed E-state index contributed by atoms with van der Waals surface area (Å²) in [5.41, 5.74) is 3.84. The minimum absolute atomic E-state index is 0.185. The van der Waals surface area contributed by atoms with Crippen LogP contribution in [-0.4, -0.2) is 15.5 Å². The van der Waals surface area contributed by atoms with E-state index in [1.165, 1.54) is 30.4 Å². The first-order valence-electron chi connectivity index (χ1n) is 8.53. The van der Waals surface area contributed by atoms with Gasteiger partial charge in [0.1, 0.15) is 5.75 Å². The molecule has 2 N–H and O–H groups in total. The normalized spacial score (nSPS) is 11.0. The van der Waals surface area contributed by atoms with E-state index in [1.807, 2.05) is 12.1 Å². The molecule has 0 saturated carbocycles. The number of benzene rings is 3. The summed E-state index contributed by atoms with van der Waals surface area (Å²) in [6.45, 7) is 2.76. The fraction of sp³-hybridized carbons (Fsp3) is 0.143. The fourth-order valence-electron chi connectivity index (χ4n) is 2.54. The summed E-state index contributed by atoms with van der Waals surface area (Å²) in [5, 5.41) is 3.32. The Balaban J connectivity index is 1.63. The van der Waals surface area contributed by atoms with Crippen molar-refractivity contribution in [3.63, 3.8) is 0 Å². The van der Waals surface area contributed by atoms with Crippen LogP contribution in [0.5, 0.6) is 5.75 Å². The second kappa shape index (κ2) is 8.14. The number of methoxy groups -OCH3 is 1. The molecule has 0 spiro atoms. The largest absolute Gasteiger partial charge is 0.497 e. The highest BCUT2D eigenvalue weighted by molar-refractivity contribution is 7.92. The Bertz CT molecular complexity index is 981. The topological polar surface area (TPSA) is 67.4 Å². The summed E-state index contributed by atoms with van der Waals surface area (Å²) in [7, 11) is -2.10. The van der Waals surface area contributed by atoms with Crippen molar-refractivity contribution in [3.8, 4) is 5.75 Å². The van der Waals surface area contributed by atoms with Gasteiger partial charge in [-0.2, -0.15) is 0 Å². The van der Waals surface area contributed by atoms with E-state index in [1.54, 1.807) is 24.3 Å².